The lowest BCUT2D eigenvalue weighted by Crippen LogP contribution is -2.49. The van der Waals surface area contributed by atoms with E-state index in [0.717, 1.165) is 6.42 Å². The summed E-state index contributed by atoms with van der Waals surface area (Å²) < 4.78 is 4.79. The van der Waals surface area contributed by atoms with Crippen molar-refractivity contribution in [2.24, 2.45) is 22.7 Å². The number of ether oxygens (including phenoxy) is 1. The second-order valence-corrected chi connectivity index (χ2v) is 9.34. The third kappa shape index (κ3) is 3.35. The topological polar surface area (TPSA) is 66.8 Å². The number of hydrogen-bond donors (Lipinski definition) is 2. The Morgan fingerprint density at radius 1 is 1.22 bits per heavy atom. The number of esters is 1. The molecule has 27 heavy (non-hydrogen) atoms. The molecule has 1 fully saturated rings. The summed E-state index contributed by atoms with van der Waals surface area (Å²) in [5.41, 5.74) is 2.66. The van der Waals surface area contributed by atoms with Gasteiger partial charge in [0.1, 0.15) is 0 Å². The molecular weight excluding hydrogens is 340 g/mol. The lowest BCUT2D eigenvalue weighted by Gasteiger charge is -2.57. The van der Waals surface area contributed by atoms with E-state index in [0.29, 0.717) is 23.3 Å². The highest BCUT2D eigenvalue weighted by molar-refractivity contribution is 5.90. The molecule has 0 aliphatic heterocycles. The van der Waals surface area contributed by atoms with Crippen LogP contribution in [0, 0.1) is 22.7 Å². The minimum absolute atomic E-state index is 0.128. The second kappa shape index (κ2) is 6.88. The summed E-state index contributed by atoms with van der Waals surface area (Å²) in [6.45, 7) is 9.32. The standard InChI is InChI=1S/C23H32O4/c1-14-7-8-19-22(2,3)9-6-10-23(19,4)17(14)12-15-11-16(21(26)27-5)13-18(24)20(15)25/h7,11,13,17,19,24-25H,6,8-10,12H2,1-5H3/t17-,19?,23+/m0/s1. The molecule has 2 aliphatic rings. The zero-order chi connectivity index (χ0) is 20.0. The molecule has 4 heteroatoms. The Morgan fingerprint density at radius 3 is 2.59 bits per heavy atom. The van der Waals surface area contributed by atoms with Crippen LogP contribution in [0.1, 0.15) is 69.3 Å². The second-order valence-electron chi connectivity index (χ2n) is 9.34. The van der Waals surface area contributed by atoms with Crippen LogP contribution in [-0.2, 0) is 11.2 Å². The number of benzene rings is 1. The van der Waals surface area contributed by atoms with Gasteiger partial charge in [-0.25, -0.2) is 4.79 Å². The maximum absolute atomic E-state index is 11.9. The van der Waals surface area contributed by atoms with Gasteiger partial charge < -0.3 is 14.9 Å². The summed E-state index contributed by atoms with van der Waals surface area (Å²) in [5, 5.41) is 20.6. The maximum Gasteiger partial charge on any atom is 0.337 e. The number of carbonyl (C=O) groups excluding carboxylic acids is 1. The third-order valence-corrected chi connectivity index (χ3v) is 7.31. The van der Waals surface area contributed by atoms with Crippen LogP contribution in [0.25, 0.3) is 0 Å². The van der Waals surface area contributed by atoms with Crippen molar-refractivity contribution in [3.05, 3.63) is 34.9 Å². The van der Waals surface area contributed by atoms with Gasteiger partial charge in [0.15, 0.2) is 11.5 Å². The first-order chi connectivity index (χ1) is 12.6. The van der Waals surface area contributed by atoms with Gasteiger partial charge in [-0.3, -0.25) is 0 Å². The van der Waals surface area contributed by atoms with Gasteiger partial charge >= 0.3 is 5.97 Å². The van der Waals surface area contributed by atoms with Crippen LogP contribution in [0.15, 0.2) is 23.8 Å². The molecule has 1 aromatic carbocycles. The number of allylic oxidation sites excluding steroid dienone is 2. The molecule has 0 aromatic heterocycles. The van der Waals surface area contributed by atoms with Gasteiger partial charge in [0.05, 0.1) is 12.7 Å². The van der Waals surface area contributed by atoms with Crippen LogP contribution < -0.4 is 0 Å². The molecule has 2 aliphatic carbocycles. The van der Waals surface area contributed by atoms with E-state index in [1.807, 2.05) is 0 Å². The molecule has 1 saturated carbocycles. The SMILES string of the molecule is COC(=O)c1cc(O)c(O)c(C[C@H]2C(C)=CCC3C(C)(C)CCC[C@@]32C)c1. The predicted molar refractivity (Wildman–Crippen MR) is 106 cm³/mol. The summed E-state index contributed by atoms with van der Waals surface area (Å²) in [6.07, 6.45) is 7.69. The van der Waals surface area contributed by atoms with Gasteiger partial charge in [0, 0.05) is 0 Å². The number of aromatic hydroxyl groups is 2. The van der Waals surface area contributed by atoms with E-state index < -0.39 is 5.97 Å². The lowest BCUT2D eigenvalue weighted by atomic mass is 9.48. The summed E-state index contributed by atoms with van der Waals surface area (Å²) >= 11 is 0. The number of fused-ring (bicyclic) bond motifs is 1. The molecule has 0 heterocycles. The molecule has 3 rings (SSSR count). The average molecular weight is 373 g/mol. The monoisotopic (exact) mass is 372 g/mol. The lowest BCUT2D eigenvalue weighted by molar-refractivity contribution is -0.0369. The van der Waals surface area contributed by atoms with E-state index in [1.54, 1.807) is 6.07 Å². The van der Waals surface area contributed by atoms with Crippen molar-refractivity contribution in [2.75, 3.05) is 7.11 Å². The van der Waals surface area contributed by atoms with E-state index in [2.05, 4.69) is 33.8 Å². The summed E-state index contributed by atoms with van der Waals surface area (Å²) in [6, 6.07) is 2.93. The number of hydrogen-bond acceptors (Lipinski definition) is 4. The van der Waals surface area contributed by atoms with Crippen molar-refractivity contribution in [1.29, 1.82) is 0 Å². The molecule has 4 nitrogen and oxygen atoms in total. The van der Waals surface area contributed by atoms with Crippen LogP contribution in [0.3, 0.4) is 0 Å². The molecule has 0 saturated heterocycles. The van der Waals surface area contributed by atoms with Crippen molar-refractivity contribution in [3.8, 4) is 11.5 Å². The highest BCUT2D eigenvalue weighted by atomic mass is 16.5. The number of rotatable bonds is 3. The molecule has 0 radical (unpaired) electrons. The van der Waals surface area contributed by atoms with E-state index in [1.165, 1.54) is 38.0 Å². The van der Waals surface area contributed by atoms with Crippen molar-refractivity contribution in [3.63, 3.8) is 0 Å². The van der Waals surface area contributed by atoms with Crippen LogP contribution in [0.4, 0.5) is 0 Å². The third-order valence-electron chi connectivity index (χ3n) is 7.31. The minimum atomic E-state index is -0.509. The van der Waals surface area contributed by atoms with Crippen molar-refractivity contribution < 1.29 is 19.7 Å². The Kier molecular flexibility index (Phi) is 5.04. The van der Waals surface area contributed by atoms with Crippen LogP contribution >= 0.6 is 0 Å². The molecule has 1 unspecified atom stereocenters. The molecule has 148 valence electrons. The molecule has 3 atom stereocenters. The average Bonchev–Trinajstić information content (AvgIpc) is 2.60. The molecule has 2 N–H and O–H groups in total. The normalized spacial score (nSPS) is 29.6. The first kappa shape index (κ1) is 19.8. The Morgan fingerprint density at radius 2 is 1.93 bits per heavy atom. The highest BCUT2D eigenvalue weighted by Gasteiger charge is 2.51. The quantitative estimate of drug-likeness (QED) is 0.433. The van der Waals surface area contributed by atoms with Crippen LogP contribution in [-0.4, -0.2) is 23.3 Å². The zero-order valence-corrected chi connectivity index (χ0v) is 17.1. The smallest absolute Gasteiger partial charge is 0.337 e. The molecule has 1 aromatic rings. The highest BCUT2D eigenvalue weighted by Crippen LogP contribution is 2.60. The number of carbonyl (C=O) groups is 1. The largest absolute Gasteiger partial charge is 0.504 e. The fourth-order valence-corrected chi connectivity index (χ4v) is 5.82. The van der Waals surface area contributed by atoms with E-state index in [4.69, 9.17) is 4.74 Å². The van der Waals surface area contributed by atoms with Crippen molar-refractivity contribution in [2.45, 2.75) is 59.8 Å². The van der Waals surface area contributed by atoms with Gasteiger partial charge in [-0.1, -0.05) is 38.8 Å². The van der Waals surface area contributed by atoms with E-state index in [9.17, 15) is 15.0 Å². The molecular formula is C23H32O4. The van der Waals surface area contributed by atoms with E-state index >= 15 is 0 Å². The summed E-state index contributed by atoms with van der Waals surface area (Å²) in [5.74, 6) is -0.0430. The van der Waals surface area contributed by atoms with E-state index in [-0.39, 0.29) is 28.4 Å². The Labute approximate surface area is 162 Å². The summed E-state index contributed by atoms with van der Waals surface area (Å²) in [7, 11) is 1.32. The first-order valence-electron chi connectivity index (χ1n) is 9.90. The molecule has 0 spiro atoms. The summed E-state index contributed by atoms with van der Waals surface area (Å²) in [4.78, 5) is 11.9. The maximum atomic E-state index is 11.9. The first-order valence-corrected chi connectivity index (χ1v) is 9.90. The van der Waals surface area contributed by atoms with Crippen molar-refractivity contribution >= 4 is 5.97 Å². The van der Waals surface area contributed by atoms with Gasteiger partial charge in [-0.15, -0.1) is 0 Å². The minimum Gasteiger partial charge on any atom is -0.504 e. The number of phenolic OH excluding ortho intramolecular Hbond substituents is 2. The number of phenols is 2. The Bertz CT molecular complexity index is 777. The van der Waals surface area contributed by atoms with Gasteiger partial charge in [0.25, 0.3) is 0 Å². The van der Waals surface area contributed by atoms with Crippen LogP contribution in [0.2, 0.25) is 0 Å². The Hall–Kier alpha value is -1.97. The fourth-order valence-electron chi connectivity index (χ4n) is 5.82. The van der Waals surface area contributed by atoms with Gasteiger partial charge in [0.2, 0.25) is 0 Å². The van der Waals surface area contributed by atoms with Gasteiger partial charge in [-0.05, 0) is 73.0 Å². The van der Waals surface area contributed by atoms with Crippen molar-refractivity contribution in [1.82, 2.24) is 0 Å². The molecule has 0 amide bonds. The Balaban J connectivity index is 2.01. The fraction of sp³-hybridized carbons (Fsp3) is 0.609. The predicted octanol–water partition coefficient (Wildman–Crippen LogP) is 5.23. The molecule has 0 bridgehead atoms. The van der Waals surface area contributed by atoms with Crippen LogP contribution in [0.5, 0.6) is 11.5 Å². The number of methoxy groups -OCH3 is 1. The zero-order valence-electron chi connectivity index (χ0n) is 17.1. The van der Waals surface area contributed by atoms with Gasteiger partial charge in [-0.2, -0.15) is 0 Å².